The van der Waals surface area contributed by atoms with Crippen molar-refractivity contribution in [3.05, 3.63) is 44.6 Å². The summed E-state index contributed by atoms with van der Waals surface area (Å²) in [5.41, 5.74) is 2.00. The Kier molecular flexibility index (Phi) is 9.97. The van der Waals surface area contributed by atoms with Crippen molar-refractivity contribution in [1.82, 2.24) is 4.57 Å². The molecule has 11 nitrogen and oxygen atoms in total. The van der Waals surface area contributed by atoms with Gasteiger partial charge >= 0.3 is 11.9 Å². The van der Waals surface area contributed by atoms with E-state index in [2.05, 4.69) is 16.2 Å². The van der Waals surface area contributed by atoms with Crippen LogP contribution in [0, 0.1) is 12.3 Å². The number of carbonyl (C=O) groups excluding carboxylic acids is 4. The molecule has 0 saturated carbocycles. The zero-order valence-electron chi connectivity index (χ0n) is 23.1. The van der Waals surface area contributed by atoms with E-state index in [-0.39, 0.29) is 28.5 Å². The molecule has 0 aliphatic heterocycles. The number of methoxy groups -OCH3 is 1. The van der Waals surface area contributed by atoms with Gasteiger partial charge in [0, 0.05) is 4.88 Å². The Bertz CT molecular complexity index is 1770. The van der Waals surface area contributed by atoms with Crippen LogP contribution in [0.15, 0.2) is 23.2 Å². The molecule has 0 spiro atoms. The van der Waals surface area contributed by atoms with E-state index in [0.29, 0.717) is 22.2 Å². The van der Waals surface area contributed by atoms with Gasteiger partial charge < -0.3 is 19.4 Å². The summed E-state index contributed by atoms with van der Waals surface area (Å²) in [6.45, 7) is 1.95. The van der Waals surface area contributed by atoms with Gasteiger partial charge in [0.15, 0.2) is 14.6 Å². The number of thiophene rings is 1. The lowest BCUT2D eigenvalue weighted by Crippen LogP contribution is -2.28. The molecular formula is C28H29N3O8S3. The van der Waals surface area contributed by atoms with Crippen LogP contribution in [0.2, 0.25) is 0 Å². The molecule has 2 amide bonds. The average Bonchev–Trinajstić information content (AvgIpc) is 3.33. The van der Waals surface area contributed by atoms with E-state index in [1.165, 1.54) is 18.4 Å². The third kappa shape index (κ3) is 7.15. The first kappa shape index (κ1) is 31.1. The van der Waals surface area contributed by atoms with E-state index in [4.69, 9.17) is 15.9 Å². The van der Waals surface area contributed by atoms with Crippen LogP contribution in [0.5, 0.6) is 0 Å². The number of anilines is 1. The Labute approximate surface area is 250 Å². The molecular weight excluding hydrogens is 603 g/mol. The lowest BCUT2D eigenvalue weighted by Gasteiger charge is -2.07. The molecule has 1 N–H and O–H groups in total. The van der Waals surface area contributed by atoms with Gasteiger partial charge in [0.25, 0.3) is 5.91 Å². The number of sulfone groups is 1. The van der Waals surface area contributed by atoms with E-state index < -0.39 is 45.1 Å². The van der Waals surface area contributed by atoms with E-state index in [0.717, 1.165) is 47.5 Å². The molecule has 2 aromatic heterocycles. The number of ether oxygens (including phenoxy) is 2. The van der Waals surface area contributed by atoms with Gasteiger partial charge in [-0.3, -0.25) is 9.59 Å². The topological polar surface area (TPSA) is 150 Å². The van der Waals surface area contributed by atoms with Crippen molar-refractivity contribution < 1.29 is 37.1 Å². The van der Waals surface area contributed by atoms with Gasteiger partial charge in [-0.2, -0.15) is 4.99 Å². The van der Waals surface area contributed by atoms with Gasteiger partial charge in [-0.05, 0) is 56.4 Å². The highest BCUT2D eigenvalue weighted by Crippen LogP contribution is 2.38. The maximum Gasteiger partial charge on any atom is 0.341 e. The largest absolute Gasteiger partial charge is 0.465 e. The zero-order chi connectivity index (χ0) is 30.4. The fourth-order valence-corrected chi connectivity index (χ4v) is 8.03. The molecule has 4 rings (SSSR count). The highest BCUT2D eigenvalue weighted by Gasteiger charge is 2.28. The molecule has 0 unspecified atom stereocenters. The number of nitrogens with one attached hydrogen (secondary N) is 1. The number of thiazole rings is 1. The van der Waals surface area contributed by atoms with Crippen molar-refractivity contribution in [2.45, 2.75) is 45.6 Å². The van der Waals surface area contributed by atoms with Crippen LogP contribution in [0.25, 0.3) is 10.2 Å². The van der Waals surface area contributed by atoms with Crippen LogP contribution < -0.4 is 10.1 Å². The molecule has 0 saturated heterocycles. The monoisotopic (exact) mass is 631 g/mol. The molecule has 0 atom stereocenters. The Morgan fingerprint density at radius 3 is 2.57 bits per heavy atom. The quantitative estimate of drug-likeness (QED) is 0.215. The minimum Gasteiger partial charge on any atom is -0.465 e. The number of aryl methyl sites for hydroxylation is 1. The highest BCUT2D eigenvalue weighted by molar-refractivity contribution is 7.92. The Balaban J connectivity index is 1.52. The summed E-state index contributed by atoms with van der Waals surface area (Å²) in [7, 11) is -2.97. The third-order valence-electron chi connectivity index (χ3n) is 6.42. The van der Waals surface area contributed by atoms with E-state index in [1.807, 2.05) is 0 Å². The minimum atomic E-state index is -4.22. The first-order chi connectivity index (χ1) is 20.1. The summed E-state index contributed by atoms with van der Waals surface area (Å²) >= 11 is 2.30. The molecule has 1 aromatic carbocycles. The molecule has 14 heteroatoms. The number of benzene rings is 1. The number of nitrogens with zero attached hydrogens (tertiary/aromatic N) is 2. The van der Waals surface area contributed by atoms with E-state index in [1.54, 1.807) is 29.7 Å². The van der Waals surface area contributed by atoms with Crippen LogP contribution in [0.4, 0.5) is 5.00 Å². The van der Waals surface area contributed by atoms with E-state index in [9.17, 15) is 27.6 Å². The predicted molar refractivity (Wildman–Crippen MR) is 159 cm³/mol. The maximum absolute atomic E-state index is 12.8. The number of esters is 2. The Morgan fingerprint density at radius 2 is 1.86 bits per heavy atom. The maximum atomic E-state index is 12.8. The fourth-order valence-electron chi connectivity index (χ4n) is 4.63. The summed E-state index contributed by atoms with van der Waals surface area (Å²) in [6, 6.07) is 4.79. The standard InChI is InChI=1S/C28H29N3O8S3/c1-4-13-31-19-12-11-17(26(34)39-5-2)14-21(19)41-28(31)30-23(33)16-42(36,37)15-22(32)29-25-24(27(35)38-3)18-9-7-6-8-10-20(18)40-25/h1,11-12,14H,5-10,13,15-16H2,2-3H3,(H,29,32). The van der Waals surface area contributed by atoms with Crippen LogP contribution in [-0.2, 0) is 48.3 Å². The van der Waals surface area contributed by atoms with Gasteiger partial charge in [-0.25, -0.2) is 18.0 Å². The Hall–Kier alpha value is -3.80. The summed E-state index contributed by atoms with van der Waals surface area (Å²) in [6.07, 6.45) is 9.80. The Morgan fingerprint density at radius 1 is 1.10 bits per heavy atom. The highest BCUT2D eigenvalue weighted by atomic mass is 32.2. The molecule has 1 aliphatic rings. The number of aromatic nitrogens is 1. The normalized spacial score (nSPS) is 13.6. The van der Waals surface area contributed by atoms with Crippen LogP contribution in [-0.4, -0.2) is 62.0 Å². The fraction of sp³-hybridized carbons (Fsp3) is 0.393. The average molecular weight is 632 g/mol. The second-order valence-electron chi connectivity index (χ2n) is 9.42. The lowest BCUT2D eigenvalue weighted by molar-refractivity contribution is -0.115. The van der Waals surface area contributed by atoms with Crippen molar-refractivity contribution in [2.24, 2.45) is 4.99 Å². The number of terminal acetylenes is 1. The number of rotatable bonds is 9. The van der Waals surface area contributed by atoms with Crippen LogP contribution in [0.1, 0.15) is 57.3 Å². The number of hydrogen-bond acceptors (Lipinski definition) is 10. The predicted octanol–water partition coefficient (Wildman–Crippen LogP) is 3.11. The SMILES string of the molecule is C#CCn1c(=NC(=O)CS(=O)(=O)CC(=O)Nc2sc3c(c2C(=O)OC)CCCCC3)sc2cc(C(=O)OCC)ccc21. The molecule has 42 heavy (non-hydrogen) atoms. The van der Waals surface area contributed by atoms with Crippen molar-refractivity contribution >= 4 is 71.5 Å². The van der Waals surface area contributed by atoms with Crippen LogP contribution >= 0.6 is 22.7 Å². The summed E-state index contributed by atoms with van der Waals surface area (Å²) in [5.74, 6) is -2.48. The summed E-state index contributed by atoms with van der Waals surface area (Å²) in [5, 5.41) is 2.79. The van der Waals surface area contributed by atoms with Crippen LogP contribution in [0.3, 0.4) is 0 Å². The zero-order valence-corrected chi connectivity index (χ0v) is 25.5. The van der Waals surface area contributed by atoms with Crippen molar-refractivity contribution in [3.63, 3.8) is 0 Å². The molecule has 222 valence electrons. The first-order valence-corrected chi connectivity index (χ1v) is 16.6. The summed E-state index contributed by atoms with van der Waals surface area (Å²) < 4.78 is 37.7. The molecule has 2 heterocycles. The van der Waals surface area contributed by atoms with Gasteiger partial charge in [0.1, 0.15) is 16.5 Å². The lowest BCUT2D eigenvalue weighted by atomic mass is 10.1. The number of fused-ring (bicyclic) bond motifs is 2. The van der Waals surface area contributed by atoms with Crippen molar-refractivity contribution in [3.8, 4) is 12.3 Å². The van der Waals surface area contributed by atoms with Crippen molar-refractivity contribution in [2.75, 3.05) is 30.5 Å². The van der Waals surface area contributed by atoms with Gasteiger partial charge in [-0.15, -0.1) is 17.8 Å². The molecule has 1 aliphatic carbocycles. The summed E-state index contributed by atoms with van der Waals surface area (Å²) in [4.78, 5) is 55.2. The second-order valence-corrected chi connectivity index (χ2v) is 13.6. The molecule has 0 bridgehead atoms. The van der Waals surface area contributed by atoms with Gasteiger partial charge in [0.05, 0.1) is 41.6 Å². The van der Waals surface area contributed by atoms with Gasteiger partial charge in [-0.1, -0.05) is 23.7 Å². The van der Waals surface area contributed by atoms with E-state index >= 15 is 0 Å². The van der Waals surface area contributed by atoms with Crippen molar-refractivity contribution in [1.29, 1.82) is 0 Å². The molecule has 3 aromatic rings. The number of carbonyl (C=O) groups is 4. The first-order valence-electron chi connectivity index (χ1n) is 13.1. The number of hydrogen-bond donors (Lipinski definition) is 1. The third-order valence-corrected chi connectivity index (χ3v) is 10.1. The molecule has 0 radical (unpaired) electrons. The number of amides is 2. The minimum absolute atomic E-state index is 0.0489. The molecule has 0 fully saturated rings. The second kappa shape index (κ2) is 13.5. The smallest absolute Gasteiger partial charge is 0.341 e. The van der Waals surface area contributed by atoms with Gasteiger partial charge in [0.2, 0.25) is 5.91 Å².